The Morgan fingerprint density at radius 1 is 0.810 bits per heavy atom. The summed E-state index contributed by atoms with van der Waals surface area (Å²) < 4.78 is 5.21. The van der Waals surface area contributed by atoms with Crippen molar-refractivity contribution < 1.29 is 4.74 Å². The highest BCUT2D eigenvalue weighted by Gasteiger charge is 2.11. The molecule has 0 saturated carbocycles. The van der Waals surface area contributed by atoms with Crippen LogP contribution in [0, 0.1) is 13.8 Å². The molecule has 21 heavy (non-hydrogen) atoms. The molecule has 2 aromatic carbocycles. The number of methoxy groups -OCH3 is 1. The Morgan fingerprint density at radius 2 is 1.33 bits per heavy atom. The first-order valence-electron chi connectivity index (χ1n) is 7.48. The van der Waals surface area contributed by atoms with Crippen molar-refractivity contribution in [2.45, 2.75) is 39.8 Å². The van der Waals surface area contributed by atoms with Gasteiger partial charge in [0.2, 0.25) is 0 Å². The molecule has 2 nitrogen and oxygen atoms in total. The van der Waals surface area contributed by atoms with Gasteiger partial charge in [0.15, 0.2) is 0 Å². The molecule has 2 aromatic rings. The third-order valence-corrected chi connectivity index (χ3v) is 3.86. The lowest BCUT2D eigenvalue weighted by atomic mass is 10.0. The van der Waals surface area contributed by atoms with E-state index in [0.29, 0.717) is 12.1 Å². The molecule has 0 saturated heterocycles. The SMILES string of the molecule is COc1ccc(C(C)NC(C)c2cc(C)cc(C)c2)cc1. The Bertz CT molecular complexity index is 569. The Hall–Kier alpha value is -1.80. The summed E-state index contributed by atoms with van der Waals surface area (Å²) in [7, 11) is 1.69. The minimum absolute atomic E-state index is 0.298. The van der Waals surface area contributed by atoms with Crippen LogP contribution in [-0.4, -0.2) is 7.11 Å². The van der Waals surface area contributed by atoms with Gasteiger partial charge in [0.1, 0.15) is 5.75 Å². The van der Waals surface area contributed by atoms with Crippen LogP contribution in [0.5, 0.6) is 5.75 Å². The van der Waals surface area contributed by atoms with Crippen molar-refractivity contribution in [2.24, 2.45) is 0 Å². The van der Waals surface area contributed by atoms with Crippen LogP contribution < -0.4 is 10.1 Å². The highest BCUT2D eigenvalue weighted by atomic mass is 16.5. The first kappa shape index (κ1) is 15.6. The Kier molecular flexibility index (Phi) is 5.03. The standard InChI is InChI=1S/C19H25NO/c1-13-10-14(2)12-18(11-13)16(4)20-15(3)17-6-8-19(21-5)9-7-17/h6-12,15-16,20H,1-5H3. The molecule has 0 aromatic heterocycles. The molecule has 0 spiro atoms. The summed E-state index contributed by atoms with van der Waals surface area (Å²) in [6.07, 6.45) is 0. The number of hydrogen-bond acceptors (Lipinski definition) is 2. The van der Waals surface area contributed by atoms with E-state index in [9.17, 15) is 0 Å². The third kappa shape index (κ3) is 4.08. The monoisotopic (exact) mass is 283 g/mol. The van der Waals surface area contributed by atoms with Crippen molar-refractivity contribution in [3.63, 3.8) is 0 Å². The lowest BCUT2D eigenvalue weighted by Gasteiger charge is -2.21. The second-order valence-electron chi connectivity index (χ2n) is 5.80. The molecule has 0 aliphatic rings. The van der Waals surface area contributed by atoms with Crippen molar-refractivity contribution in [3.05, 3.63) is 64.7 Å². The topological polar surface area (TPSA) is 21.3 Å². The van der Waals surface area contributed by atoms with Crippen LogP contribution in [0.25, 0.3) is 0 Å². The zero-order valence-corrected chi connectivity index (χ0v) is 13.6. The van der Waals surface area contributed by atoms with Crippen LogP contribution in [0.15, 0.2) is 42.5 Å². The van der Waals surface area contributed by atoms with Gasteiger partial charge in [-0.25, -0.2) is 0 Å². The number of hydrogen-bond donors (Lipinski definition) is 1. The average Bonchev–Trinajstić information content (AvgIpc) is 2.46. The molecule has 0 bridgehead atoms. The van der Waals surface area contributed by atoms with E-state index in [4.69, 9.17) is 4.74 Å². The maximum absolute atomic E-state index is 5.21. The van der Waals surface area contributed by atoms with Gasteiger partial charge in [0.05, 0.1) is 7.11 Å². The fourth-order valence-corrected chi connectivity index (χ4v) is 2.72. The first-order valence-corrected chi connectivity index (χ1v) is 7.48. The molecule has 112 valence electrons. The van der Waals surface area contributed by atoms with E-state index >= 15 is 0 Å². The number of nitrogens with one attached hydrogen (secondary N) is 1. The molecule has 2 unspecified atom stereocenters. The quantitative estimate of drug-likeness (QED) is 0.857. The van der Waals surface area contributed by atoms with E-state index in [0.717, 1.165) is 5.75 Å². The van der Waals surface area contributed by atoms with Crippen LogP contribution in [-0.2, 0) is 0 Å². The summed E-state index contributed by atoms with van der Waals surface area (Å²) in [5.74, 6) is 0.897. The molecule has 0 heterocycles. The lowest BCUT2D eigenvalue weighted by molar-refractivity contribution is 0.414. The van der Waals surface area contributed by atoms with E-state index < -0.39 is 0 Å². The number of ether oxygens (including phenoxy) is 1. The van der Waals surface area contributed by atoms with E-state index in [1.165, 1.54) is 22.3 Å². The van der Waals surface area contributed by atoms with Crippen LogP contribution in [0.1, 0.15) is 48.2 Å². The van der Waals surface area contributed by atoms with E-state index in [-0.39, 0.29) is 0 Å². The molecule has 0 amide bonds. The fraction of sp³-hybridized carbons (Fsp3) is 0.368. The van der Waals surface area contributed by atoms with Crippen molar-refractivity contribution in [1.82, 2.24) is 5.32 Å². The van der Waals surface area contributed by atoms with Gasteiger partial charge in [0, 0.05) is 12.1 Å². The first-order chi connectivity index (χ1) is 9.99. The zero-order chi connectivity index (χ0) is 15.4. The second kappa shape index (κ2) is 6.77. The highest BCUT2D eigenvalue weighted by molar-refractivity contribution is 5.32. The van der Waals surface area contributed by atoms with Gasteiger partial charge < -0.3 is 10.1 Å². The largest absolute Gasteiger partial charge is 0.497 e. The highest BCUT2D eigenvalue weighted by Crippen LogP contribution is 2.22. The van der Waals surface area contributed by atoms with Gasteiger partial charge in [-0.1, -0.05) is 41.5 Å². The van der Waals surface area contributed by atoms with Crippen molar-refractivity contribution in [2.75, 3.05) is 7.11 Å². The molecule has 2 rings (SSSR count). The Morgan fingerprint density at radius 3 is 1.86 bits per heavy atom. The lowest BCUT2D eigenvalue weighted by Crippen LogP contribution is -2.22. The van der Waals surface area contributed by atoms with Gasteiger partial charge in [-0.05, 0) is 51.0 Å². The maximum atomic E-state index is 5.21. The van der Waals surface area contributed by atoms with Gasteiger partial charge in [-0.3, -0.25) is 0 Å². The van der Waals surface area contributed by atoms with Gasteiger partial charge in [-0.15, -0.1) is 0 Å². The van der Waals surface area contributed by atoms with Crippen LogP contribution in [0.3, 0.4) is 0 Å². The summed E-state index contributed by atoms with van der Waals surface area (Å²) in [4.78, 5) is 0. The van der Waals surface area contributed by atoms with Gasteiger partial charge in [0.25, 0.3) is 0 Å². The predicted molar refractivity (Wildman–Crippen MR) is 88.9 cm³/mol. The number of rotatable bonds is 5. The Balaban J connectivity index is 2.08. The van der Waals surface area contributed by atoms with Crippen LogP contribution >= 0.6 is 0 Å². The molecule has 2 atom stereocenters. The van der Waals surface area contributed by atoms with Crippen molar-refractivity contribution >= 4 is 0 Å². The molecule has 0 aliphatic heterocycles. The fourth-order valence-electron chi connectivity index (χ4n) is 2.72. The van der Waals surface area contributed by atoms with E-state index in [1.807, 2.05) is 12.1 Å². The minimum atomic E-state index is 0.298. The number of aryl methyl sites for hydroxylation is 2. The summed E-state index contributed by atoms with van der Waals surface area (Å²) in [6, 6.07) is 15.6. The van der Waals surface area contributed by atoms with Crippen molar-refractivity contribution in [1.29, 1.82) is 0 Å². The summed E-state index contributed by atoms with van der Waals surface area (Å²) >= 11 is 0. The summed E-state index contributed by atoms with van der Waals surface area (Å²) in [6.45, 7) is 8.71. The average molecular weight is 283 g/mol. The molecular formula is C19H25NO. The zero-order valence-electron chi connectivity index (χ0n) is 13.6. The molecular weight excluding hydrogens is 258 g/mol. The maximum Gasteiger partial charge on any atom is 0.118 e. The predicted octanol–water partition coefficient (Wildman–Crippen LogP) is 4.72. The molecule has 1 N–H and O–H groups in total. The Labute approximate surface area is 128 Å². The third-order valence-electron chi connectivity index (χ3n) is 3.86. The normalized spacial score (nSPS) is 13.8. The van der Waals surface area contributed by atoms with E-state index in [2.05, 4.69) is 63.3 Å². The second-order valence-corrected chi connectivity index (χ2v) is 5.80. The van der Waals surface area contributed by atoms with Crippen LogP contribution in [0.2, 0.25) is 0 Å². The molecule has 0 fully saturated rings. The molecule has 0 radical (unpaired) electrons. The van der Waals surface area contributed by atoms with E-state index in [1.54, 1.807) is 7.11 Å². The summed E-state index contributed by atoms with van der Waals surface area (Å²) in [5.41, 5.74) is 5.24. The van der Waals surface area contributed by atoms with Gasteiger partial charge >= 0.3 is 0 Å². The van der Waals surface area contributed by atoms with Crippen molar-refractivity contribution in [3.8, 4) is 5.75 Å². The van der Waals surface area contributed by atoms with Gasteiger partial charge in [-0.2, -0.15) is 0 Å². The number of benzene rings is 2. The molecule has 2 heteroatoms. The minimum Gasteiger partial charge on any atom is -0.497 e. The smallest absolute Gasteiger partial charge is 0.118 e. The summed E-state index contributed by atoms with van der Waals surface area (Å²) in [5, 5.41) is 3.66. The molecule has 0 aliphatic carbocycles. The van der Waals surface area contributed by atoms with Crippen LogP contribution in [0.4, 0.5) is 0 Å².